The summed E-state index contributed by atoms with van der Waals surface area (Å²) in [5.74, 6) is -0.804. The predicted octanol–water partition coefficient (Wildman–Crippen LogP) is 3.03. The zero-order valence-electron chi connectivity index (χ0n) is 15.4. The lowest BCUT2D eigenvalue weighted by Crippen LogP contribution is -2.46. The number of hydrogen-bond donors (Lipinski definition) is 1. The third-order valence-electron chi connectivity index (χ3n) is 4.82. The number of amides is 1. The van der Waals surface area contributed by atoms with Crippen molar-refractivity contribution in [2.75, 3.05) is 13.1 Å². The van der Waals surface area contributed by atoms with Crippen molar-refractivity contribution >= 4 is 15.9 Å². The number of sulfonamides is 1. The molecule has 5 nitrogen and oxygen atoms in total. The van der Waals surface area contributed by atoms with Gasteiger partial charge in [-0.05, 0) is 56.5 Å². The lowest BCUT2D eigenvalue weighted by Gasteiger charge is -2.32. The molecule has 2 aromatic carbocycles. The van der Waals surface area contributed by atoms with Gasteiger partial charge >= 0.3 is 0 Å². The number of halogens is 1. The van der Waals surface area contributed by atoms with Crippen LogP contribution in [0.1, 0.15) is 34.3 Å². The van der Waals surface area contributed by atoms with Gasteiger partial charge in [0.2, 0.25) is 10.0 Å². The molecule has 27 heavy (non-hydrogen) atoms. The summed E-state index contributed by atoms with van der Waals surface area (Å²) >= 11 is 0. The Morgan fingerprint density at radius 2 is 1.81 bits per heavy atom. The molecule has 1 saturated heterocycles. The van der Waals surface area contributed by atoms with E-state index in [4.69, 9.17) is 0 Å². The molecular formula is C20H23FN2O3S. The minimum Gasteiger partial charge on any atom is -0.349 e. The summed E-state index contributed by atoms with van der Waals surface area (Å²) in [6, 6.07) is 10.7. The smallest absolute Gasteiger partial charge is 0.251 e. The highest BCUT2D eigenvalue weighted by molar-refractivity contribution is 7.89. The first-order valence-electron chi connectivity index (χ1n) is 8.91. The van der Waals surface area contributed by atoms with Crippen LogP contribution in [0.25, 0.3) is 0 Å². The molecule has 1 fully saturated rings. The van der Waals surface area contributed by atoms with E-state index < -0.39 is 15.8 Å². The molecule has 144 valence electrons. The number of benzene rings is 2. The molecule has 2 aromatic rings. The Kier molecular flexibility index (Phi) is 5.62. The van der Waals surface area contributed by atoms with Gasteiger partial charge in [-0.1, -0.05) is 23.8 Å². The highest BCUT2D eigenvalue weighted by Crippen LogP contribution is 2.24. The zero-order chi connectivity index (χ0) is 19.6. The first-order valence-corrected chi connectivity index (χ1v) is 10.4. The first-order chi connectivity index (χ1) is 12.8. The molecule has 1 heterocycles. The molecule has 0 spiro atoms. The molecule has 3 rings (SSSR count). The van der Waals surface area contributed by atoms with E-state index in [0.29, 0.717) is 30.8 Å². The number of piperidine rings is 1. The van der Waals surface area contributed by atoms with Gasteiger partial charge in [-0.15, -0.1) is 0 Å². The number of aryl methyl sites for hydroxylation is 2. The summed E-state index contributed by atoms with van der Waals surface area (Å²) in [4.78, 5) is 12.6. The normalized spacial score (nSPS) is 16.3. The van der Waals surface area contributed by atoms with Crippen LogP contribution in [-0.2, 0) is 10.0 Å². The van der Waals surface area contributed by atoms with Crippen LogP contribution in [-0.4, -0.2) is 37.8 Å². The molecule has 7 heteroatoms. The number of nitrogens with one attached hydrogen (secondary N) is 1. The lowest BCUT2D eigenvalue weighted by atomic mass is 10.1. The Morgan fingerprint density at radius 1 is 1.11 bits per heavy atom. The maximum absolute atomic E-state index is 13.3. The van der Waals surface area contributed by atoms with Crippen LogP contribution in [0.4, 0.5) is 4.39 Å². The van der Waals surface area contributed by atoms with Crippen molar-refractivity contribution in [3.8, 4) is 0 Å². The highest BCUT2D eigenvalue weighted by atomic mass is 32.2. The van der Waals surface area contributed by atoms with Gasteiger partial charge in [-0.25, -0.2) is 12.8 Å². The van der Waals surface area contributed by atoms with E-state index in [0.717, 1.165) is 11.1 Å². The number of carbonyl (C=O) groups is 1. The predicted molar refractivity (Wildman–Crippen MR) is 102 cm³/mol. The van der Waals surface area contributed by atoms with Gasteiger partial charge < -0.3 is 5.32 Å². The summed E-state index contributed by atoms with van der Waals surface area (Å²) in [5.41, 5.74) is 2.02. The van der Waals surface area contributed by atoms with Crippen molar-refractivity contribution in [2.45, 2.75) is 37.6 Å². The van der Waals surface area contributed by atoms with Crippen molar-refractivity contribution in [1.29, 1.82) is 0 Å². The molecule has 0 saturated carbocycles. The molecule has 1 N–H and O–H groups in total. The summed E-state index contributed by atoms with van der Waals surface area (Å²) in [6.07, 6.45) is 1.04. The average molecular weight is 390 g/mol. The van der Waals surface area contributed by atoms with Gasteiger partial charge in [0, 0.05) is 24.7 Å². The Hall–Kier alpha value is -2.25. The van der Waals surface area contributed by atoms with Crippen LogP contribution in [0.3, 0.4) is 0 Å². The fraction of sp³-hybridized carbons (Fsp3) is 0.350. The van der Waals surface area contributed by atoms with Crippen molar-refractivity contribution in [1.82, 2.24) is 9.62 Å². The third kappa shape index (κ3) is 4.36. The van der Waals surface area contributed by atoms with Crippen LogP contribution in [0.15, 0.2) is 47.4 Å². The van der Waals surface area contributed by atoms with Crippen molar-refractivity contribution in [2.24, 2.45) is 0 Å². The van der Waals surface area contributed by atoms with Gasteiger partial charge in [-0.2, -0.15) is 4.31 Å². The van der Waals surface area contributed by atoms with E-state index in [1.807, 2.05) is 13.0 Å². The first kappa shape index (κ1) is 19.5. The average Bonchev–Trinajstić information content (AvgIpc) is 2.62. The highest BCUT2D eigenvalue weighted by Gasteiger charge is 2.31. The van der Waals surface area contributed by atoms with E-state index in [2.05, 4.69) is 5.32 Å². The van der Waals surface area contributed by atoms with Crippen LogP contribution in [0.2, 0.25) is 0 Å². The number of rotatable bonds is 4. The Bertz CT molecular complexity index is 951. The quantitative estimate of drug-likeness (QED) is 0.873. The summed E-state index contributed by atoms with van der Waals surface area (Å²) < 4.78 is 40.5. The van der Waals surface area contributed by atoms with E-state index in [1.54, 1.807) is 25.1 Å². The molecule has 0 atom stereocenters. The zero-order valence-corrected chi connectivity index (χ0v) is 16.2. The number of hydrogen-bond acceptors (Lipinski definition) is 3. The molecule has 0 unspecified atom stereocenters. The summed E-state index contributed by atoms with van der Waals surface area (Å²) in [7, 11) is -3.55. The SMILES string of the molecule is Cc1ccc(S(=O)(=O)N2CCC(NC(=O)c3cccc(F)c3)CC2)c(C)c1. The Balaban J connectivity index is 1.64. The Morgan fingerprint density at radius 3 is 2.44 bits per heavy atom. The van der Waals surface area contributed by atoms with E-state index >= 15 is 0 Å². The number of carbonyl (C=O) groups excluding carboxylic acids is 1. The molecule has 0 aliphatic carbocycles. The summed E-state index contributed by atoms with van der Waals surface area (Å²) in [6.45, 7) is 4.40. The molecule has 1 aliphatic rings. The minimum absolute atomic E-state index is 0.133. The van der Waals surface area contributed by atoms with Gasteiger partial charge in [-0.3, -0.25) is 4.79 Å². The van der Waals surface area contributed by atoms with Gasteiger partial charge in [0.1, 0.15) is 5.82 Å². The second-order valence-electron chi connectivity index (χ2n) is 6.93. The fourth-order valence-corrected chi connectivity index (χ4v) is 5.04. The fourth-order valence-electron chi connectivity index (χ4n) is 3.37. The van der Waals surface area contributed by atoms with Crippen molar-refractivity contribution in [3.63, 3.8) is 0 Å². The third-order valence-corrected chi connectivity index (χ3v) is 6.88. The molecule has 0 aromatic heterocycles. The largest absolute Gasteiger partial charge is 0.349 e. The van der Waals surface area contributed by atoms with Crippen LogP contribution in [0, 0.1) is 19.7 Å². The van der Waals surface area contributed by atoms with Crippen molar-refractivity contribution < 1.29 is 17.6 Å². The monoisotopic (exact) mass is 390 g/mol. The second kappa shape index (κ2) is 7.78. The summed E-state index contributed by atoms with van der Waals surface area (Å²) in [5, 5.41) is 2.87. The lowest BCUT2D eigenvalue weighted by molar-refractivity contribution is 0.0923. The maximum atomic E-state index is 13.3. The maximum Gasteiger partial charge on any atom is 0.251 e. The second-order valence-corrected chi connectivity index (χ2v) is 8.84. The molecule has 1 amide bonds. The van der Waals surface area contributed by atoms with Crippen LogP contribution in [0.5, 0.6) is 0 Å². The minimum atomic E-state index is -3.55. The standard InChI is InChI=1S/C20H23FN2O3S/c1-14-6-7-19(15(2)12-14)27(25,26)23-10-8-18(9-11-23)22-20(24)16-4-3-5-17(21)13-16/h3-7,12-13,18H,8-11H2,1-2H3,(H,22,24). The number of nitrogens with zero attached hydrogens (tertiary/aromatic N) is 1. The van der Waals surface area contributed by atoms with E-state index in [9.17, 15) is 17.6 Å². The molecule has 0 radical (unpaired) electrons. The molecular weight excluding hydrogens is 367 g/mol. The van der Waals surface area contributed by atoms with Crippen LogP contribution < -0.4 is 5.32 Å². The molecule has 0 bridgehead atoms. The topological polar surface area (TPSA) is 66.5 Å². The van der Waals surface area contributed by atoms with E-state index in [1.165, 1.54) is 22.5 Å². The van der Waals surface area contributed by atoms with Gasteiger partial charge in [0.05, 0.1) is 4.90 Å². The Labute approximate surface area is 159 Å². The van der Waals surface area contributed by atoms with E-state index in [-0.39, 0.29) is 17.5 Å². The van der Waals surface area contributed by atoms with Gasteiger partial charge in [0.15, 0.2) is 0 Å². The van der Waals surface area contributed by atoms with Crippen molar-refractivity contribution in [3.05, 3.63) is 65.0 Å². The van der Waals surface area contributed by atoms with Crippen LogP contribution >= 0.6 is 0 Å². The van der Waals surface area contributed by atoms with Gasteiger partial charge in [0.25, 0.3) is 5.91 Å². The molecule has 1 aliphatic heterocycles.